The van der Waals surface area contributed by atoms with E-state index in [1.807, 2.05) is 6.07 Å². The Hall–Kier alpha value is -1.42. The molecule has 92 valence electrons. The molecule has 1 rings (SSSR count). The van der Waals surface area contributed by atoms with Crippen molar-refractivity contribution >= 4 is 10.0 Å². The molecule has 5 nitrogen and oxygen atoms in total. The summed E-state index contributed by atoms with van der Waals surface area (Å²) in [5, 5.41) is 16.4. The first-order valence-electron chi connectivity index (χ1n) is 5.23. The molecule has 3 N–H and O–H groups in total. The molecule has 0 aliphatic carbocycles. The van der Waals surface area contributed by atoms with Gasteiger partial charge in [-0.1, -0.05) is 12.1 Å². The molecule has 0 radical (unpaired) electrons. The second-order valence-corrected chi connectivity index (χ2v) is 5.16. The minimum Gasteiger partial charge on any atom is -0.315 e. The Morgan fingerprint density at radius 2 is 1.88 bits per heavy atom. The number of rotatable bonds is 6. The van der Waals surface area contributed by atoms with E-state index >= 15 is 0 Å². The number of hydrogen-bond donors (Lipinski definition) is 2. The molecule has 6 heteroatoms. The standard InChI is InChI=1S/C11H15N3O2S/c12-7-1-8-14-9-6-10-2-4-11(5-3-10)17(13,15)16/h2-5,14H,1,6,8-9H2,(H2,13,15,16). The van der Waals surface area contributed by atoms with E-state index in [-0.39, 0.29) is 4.90 Å². The van der Waals surface area contributed by atoms with Crippen molar-refractivity contribution in [3.63, 3.8) is 0 Å². The van der Waals surface area contributed by atoms with E-state index in [0.29, 0.717) is 13.0 Å². The zero-order valence-electron chi connectivity index (χ0n) is 9.39. The third-order valence-corrected chi connectivity index (χ3v) is 3.19. The fourth-order valence-corrected chi connectivity index (χ4v) is 1.86. The maximum Gasteiger partial charge on any atom is 0.238 e. The highest BCUT2D eigenvalue weighted by molar-refractivity contribution is 7.89. The van der Waals surface area contributed by atoms with Crippen molar-refractivity contribution in [1.29, 1.82) is 5.26 Å². The first kappa shape index (κ1) is 13.6. The Morgan fingerprint density at radius 1 is 1.24 bits per heavy atom. The lowest BCUT2D eigenvalue weighted by Gasteiger charge is -2.04. The molecule has 0 saturated heterocycles. The van der Waals surface area contributed by atoms with Crippen LogP contribution in [0.5, 0.6) is 0 Å². The van der Waals surface area contributed by atoms with Crippen LogP contribution in [0.2, 0.25) is 0 Å². The van der Waals surface area contributed by atoms with Crippen LogP contribution in [0.4, 0.5) is 0 Å². The minimum absolute atomic E-state index is 0.124. The van der Waals surface area contributed by atoms with Gasteiger partial charge in [-0.25, -0.2) is 13.6 Å². The van der Waals surface area contributed by atoms with Crippen LogP contribution in [-0.4, -0.2) is 21.5 Å². The third-order valence-electron chi connectivity index (χ3n) is 2.26. The maximum atomic E-state index is 11.0. The number of nitrogens with one attached hydrogen (secondary N) is 1. The number of primary sulfonamides is 1. The van der Waals surface area contributed by atoms with Crippen molar-refractivity contribution in [2.75, 3.05) is 13.1 Å². The molecule has 1 aromatic carbocycles. The highest BCUT2D eigenvalue weighted by atomic mass is 32.2. The van der Waals surface area contributed by atoms with Gasteiger partial charge in [0.2, 0.25) is 10.0 Å². The number of nitriles is 1. The second kappa shape index (κ2) is 6.35. The number of nitrogens with zero attached hydrogens (tertiary/aromatic N) is 1. The highest BCUT2D eigenvalue weighted by Gasteiger charge is 2.06. The van der Waals surface area contributed by atoms with Crippen LogP contribution in [0, 0.1) is 11.3 Å². The van der Waals surface area contributed by atoms with E-state index in [4.69, 9.17) is 10.4 Å². The first-order chi connectivity index (χ1) is 8.04. The molecule has 0 aliphatic heterocycles. The molecule has 0 spiro atoms. The zero-order chi connectivity index (χ0) is 12.7. The summed E-state index contributed by atoms with van der Waals surface area (Å²) in [5.74, 6) is 0. The number of hydrogen-bond acceptors (Lipinski definition) is 4. The fourth-order valence-electron chi connectivity index (χ4n) is 1.35. The lowest BCUT2D eigenvalue weighted by Crippen LogP contribution is -2.18. The van der Waals surface area contributed by atoms with E-state index < -0.39 is 10.0 Å². The van der Waals surface area contributed by atoms with Crippen molar-refractivity contribution in [3.8, 4) is 6.07 Å². The summed E-state index contributed by atoms with van der Waals surface area (Å²) in [6, 6.07) is 8.53. The highest BCUT2D eigenvalue weighted by Crippen LogP contribution is 2.08. The molecule has 0 bridgehead atoms. The summed E-state index contributed by atoms with van der Waals surface area (Å²) >= 11 is 0. The number of sulfonamides is 1. The Labute approximate surface area is 101 Å². The predicted octanol–water partition coefficient (Wildman–Crippen LogP) is 0.380. The van der Waals surface area contributed by atoms with Crippen LogP contribution < -0.4 is 10.5 Å². The lowest BCUT2D eigenvalue weighted by atomic mass is 10.1. The second-order valence-electron chi connectivity index (χ2n) is 3.60. The largest absolute Gasteiger partial charge is 0.315 e. The molecule has 0 fully saturated rings. The summed E-state index contributed by atoms with van der Waals surface area (Å²) in [4.78, 5) is 0.124. The van der Waals surface area contributed by atoms with Crippen LogP contribution in [-0.2, 0) is 16.4 Å². The van der Waals surface area contributed by atoms with Crippen molar-refractivity contribution in [2.45, 2.75) is 17.7 Å². The average Bonchev–Trinajstić information content (AvgIpc) is 2.28. The molecule has 0 unspecified atom stereocenters. The van der Waals surface area contributed by atoms with Gasteiger partial charge >= 0.3 is 0 Å². The fraction of sp³-hybridized carbons (Fsp3) is 0.364. The molecule has 0 heterocycles. The molecule has 0 amide bonds. The smallest absolute Gasteiger partial charge is 0.238 e. The summed E-state index contributed by atoms with van der Waals surface area (Å²) in [7, 11) is -3.60. The van der Waals surface area contributed by atoms with Crippen LogP contribution in [0.1, 0.15) is 12.0 Å². The molecular weight excluding hydrogens is 238 g/mol. The maximum absolute atomic E-state index is 11.0. The average molecular weight is 253 g/mol. The zero-order valence-corrected chi connectivity index (χ0v) is 10.2. The van der Waals surface area contributed by atoms with Gasteiger partial charge in [0.05, 0.1) is 11.0 Å². The van der Waals surface area contributed by atoms with Crippen molar-refractivity contribution in [2.24, 2.45) is 5.14 Å². The van der Waals surface area contributed by atoms with Crippen LogP contribution >= 0.6 is 0 Å². The molecule has 0 aliphatic rings. The molecule has 0 saturated carbocycles. The summed E-state index contributed by atoms with van der Waals surface area (Å²) in [6.45, 7) is 1.43. The van der Waals surface area contributed by atoms with Gasteiger partial charge in [0.1, 0.15) is 0 Å². The van der Waals surface area contributed by atoms with Crippen LogP contribution in [0.25, 0.3) is 0 Å². The molecular formula is C11H15N3O2S. The van der Waals surface area contributed by atoms with Gasteiger partial charge < -0.3 is 5.32 Å². The van der Waals surface area contributed by atoms with Gasteiger partial charge in [-0.2, -0.15) is 5.26 Å². The Kier molecular flexibility index (Phi) is 5.10. The minimum atomic E-state index is -3.60. The SMILES string of the molecule is N#CCCNCCc1ccc(S(N)(=O)=O)cc1. The Morgan fingerprint density at radius 3 is 2.41 bits per heavy atom. The summed E-state index contributed by atoms with van der Waals surface area (Å²) in [6.07, 6.45) is 1.28. The van der Waals surface area contributed by atoms with E-state index in [0.717, 1.165) is 18.5 Å². The lowest BCUT2D eigenvalue weighted by molar-refractivity contribution is 0.597. The topological polar surface area (TPSA) is 96.0 Å². The molecule has 0 atom stereocenters. The van der Waals surface area contributed by atoms with Gasteiger partial charge in [0.15, 0.2) is 0 Å². The predicted molar refractivity (Wildman–Crippen MR) is 64.6 cm³/mol. The number of nitrogens with two attached hydrogens (primary N) is 1. The van der Waals surface area contributed by atoms with E-state index in [1.54, 1.807) is 12.1 Å². The third kappa shape index (κ3) is 4.95. The van der Waals surface area contributed by atoms with Gasteiger partial charge in [-0.15, -0.1) is 0 Å². The summed E-state index contributed by atoms with van der Waals surface area (Å²) in [5.41, 5.74) is 1.03. The quantitative estimate of drug-likeness (QED) is 0.716. The van der Waals surface area contributed by atoms with Gasteiger partial charge in [-0.05, 0) is 30.7 Å². The van der Waals surface area contributed by atoms with Crippen molar-refractivity contribution in [3.05, 3.63) is 29.8 Å². The summed E-state index contributed by atoms with van der Waals surface area (Å²) < 4.78 is 22.0. The van der Waals surface area contributed by atoms with Crippen LogP contribution in [0.3, 0.4) is 0 Å². The normalized spacial score (nSPS) is 11.1. The van der Waals surface area contributed by atoms with Crippen molar-refractivity contribution < 1.29 is 8.42 Å². The van der Waals surface area contributed by atoms with Gasteiger partial charge in [0, 0.05) is 13.0 Å². The monoisotopic (exact) mass is 253 g/mol. The van der Waals surface area contributed by atoms with E-state index in [2.05, 4.69) is 5.32 Å². The van der Waals surface area contributed by atoms with Gasteiger partial charge in [0.25, 0.3) is 0 Å². The van der Waals surface area contributed by atoms with Crippen molar-refractivity contribution in [1.82, 2.24) is 5.32 Å². The van der Waals surface area contributed by atoms with Gasteiger partial charge in [-0.3, -0.25) is 0 Å². The number of benzene rings is 1. The molecule has 0 aromatic heterocycles. The molecule has 17 heavy (non-hydrogen) atoms. The first-order valence-corrected chi connectivity index (χ1v) is 6.78. The van der Waals surface area contributed by atoms with Crippen LogP contribution in [0.15, 0.2) is 29.2 Å². The Balaban J connectivity index is 2.44. The van der Waals surface area contributed by atoms with E-state index in [9.17, 15) is 8.42 Å². The van der Waals surface area contributed by atoms with E-state index in [1.165, 1.54) is 12.1 Å². The Bertz CT molecular complexity index is 488. The molecule has 1 aromatic rings.